The van der Waals surface area contributed by atoms with Crippen molar-refractivity contribution in [1.29, 1.82) is 0 Å². The van der Waals surface area contributed by atoms with Gasteiger partial charge in [0.1, 0.15) is 11.6 Å². The first-order valence-corrected chi connectivity index (χ1v) is 9.19. The summed E-state index contributed by atoms with van der Waals surface area (Å²) in [5, 5.41) is 2.90. The summed E-state index contributed by atoms with van der Waals surface area (Å²) in [5.74, 6) is -0.453. The monoisotopic (exact) mass is 384 g/mol. The highest BCUT2D eigenvalue weighted by Gasteiger charge is 2.41. The molecule has 1 heterocycles. The number of hydrogen-bond acceptors (Lipinski definition) is 3. The van der Waals surface area contributed by atoms with Crippen molar-refractivity contribution in [1.82, 2.24) is 5.32 Å². The van der Waals surface area contributed by atoms with Crippen molar-refractivity contribution in [2.75, 3.05) is 4.90 Å². The van der Waals surface area contributed by atoms with E-state index in [1.165, 1.54) is 11.0 Å². The van der Waals surface area contributed by atoms with E-state index in [1.54, 1.807) is 50.2 Å². The third-order valence-corrected chi connectivity index (χ3v) is 4.41. The number of carbonyl (C=O) groups excluding carboxylic acids is 2. The van der Waals surface area contributed by atoms with Gasteiger partial charge in [-0.3, -0.25) is 9.59 Å². The highest BCUT2D eigenvalue weighted by Crippen LogP contribution is 2.39. The minimum atomic E-state index is -1.09. The zero-order chi connectivity index (χ0) is 20.7. The normalized spacial score (nSPS) is 15.6. The molecule has 0 atom stereocenters. The lowest BCUT2D eigenvalue weighted by molar-refractivity contribution is -0.132. The smallest absolute Gasteiger partial charge is 0.271 e. The lowest BCUT2D eigenvalue weighted by Gasteiger charge is -2.39. The Bertz CT molecular complexity index is 932. The van der Waals surface area contributed by atoms with Crippen molar-refractivity contribution in [2.24, 2.45) is 0 Å². The summed E-state index contributed by atoms with van der Waals surface area (Å²) >= 11 is 0. The zero-order valence-corrected chi connectivity index (χ0v) is 16.8. The lowest BCUT2D eigenvalue weighted by Crippen LogP contribution is -2.52. The van der Waals surface area contributed by atoms with Crippen molar-refractivity contribution < 1.29 is 18.7 Å². The van der Waals surface area contributed by atoms with Crippen LogP contribution in [0, 0.1) is 5.82 Å². The van der Waals surface area contributed by atoms with Crippen LogP contribution in [-0.4, -0.2) is 23.0 Å². The van der Waals surface area contributed by atoms with Gasteiger partial charge in [-0.1, -0.05) is 18.2 Å². The van der Waals surface area contributed by atoms with Gasteiger partial charge in [-0.15, -0.1) is 0 Å². The number of halogens is 1. The molecule has 2 aromatic carbocycles. The Hall–Kier alpha value is -2.89. The Balaban J connectivity index is 2.03. The molecule has 0 radical (unpaired) electrons. The van der Waals surface area contributed by atoms with Crippen molar-refractivity contribution in [2.45, 2.75) is 52.3 Å². The van der Waals surface area contributed by atoms with Crippen LogP contribution in [0.15, 0.2) is 42.5 Å². The SMILES string of the molecule is CC(C)(C)NC(=O)c1ccc2c(c1)N(Cc1ccccc1F)C(=O)C(C)(C)O2. The van der Waals surface area contributed by atoms with Crippen molar-refractivity contribution in [3.63, 3.8) is 0 Å². The predicted octanol–water partition coefficient (Wildman–Crippen LogP) is 4.06. The van der Waals surface area contributed by atoms with Gasteiger partial charge in [0.25, 0.3) is 11.8 Å². The number of nitrogens with one attached hydrogen (secondary N) is 1. The van der Waals surface area contributed by atoms with Crippen LogP contribution in [0.3, 0.4) is 0 Å². The van der Waals surface area contributed by atoms with Gasteiger partial charge in [0, 0.05) is 16.7 Å². The first-order chi connectivity index (χ1) is 13.0. The molecule has 1 aliphatic heterocycles. The molecule has 0 unspecified atom stereocenters. The summed E-state index contributed by atoms with van der Waals surface area (Å²) in [7, 11) is 0. The zero-order valence-electron chi connectivity index (χ0n) is 16.8. The molecule has 0 aromatic heterocycles. The largest absolute Gasteiger partial charge is 0.476 e. The third-order valence-electron chi connectivity index (χ3n) is 4.41. The second kappa shape index (κ2) is 6.93. The number of fused-ring (bicyclic) bond motifs is 1. The van der Waals surface area contributed by atoms with E-state index in [1.807, 2.05) is 20.8 Å². The van der Waals surface area contributed by atoms with E-state index in [-0.39, 0.29) is 24.2 Å². The highest BCUT2D eigenvalue weighted by molar-refractivity contribution is 6.04. The molecule has 1 aliphatic rings. The van der Waals surface area contributed by atoms with E-state index in [0.717, 1.165) is 0 Å². The summed E-state index contributed by atoms with van der Waals surface area (Å²) in [5.41, 5.74) is -0.233. The Kier molecular flexibility index (Phi) is 4.91. The van der Waals surface area contributed by atoms with E-state index < -0.39 is 11.1 Å². The topological polar surface area (TPSA) is 58.6 Å². The molecule has 2 amide bonds. The molecule has 0 saturated heterocycles. The maximum atomic E-state index is 14.2. The fourth-order valence-electron chi connectivity index (χ4n) is 3.08. The number of amides is 2. The Morgan fingerprint density at radius 3 is 2.50 bits per heavy atom. The van der Waals surface area contributed by atoms with Crippen LogP contribution in [0.2, 0.25) is 0 Å². The molecule has 0 bridgehead atoms. The fraction of sp³-hybridized carbons (Fsp3) is 0.364. The van der Waals surface area contributed by atoms with Gasteiger partial charge in [-0.05, 0) is 58.9 Å². The molecule has 0 fully saturated rings. The van der Waals surface area contributed by atoms with Crippen molar-refractivity contribution >= 4 is 17.5 Å². The van der Waals surface area contributed by atoms with E-state index >= 15 is 0 Å². The number of nitrogens with zero attached hydrogens (tertiary/aromatic N) is 1. The van der Waals surface area contributed by atoms with Crippen LogP contribution < -0.4 is 15.0 Å². The minimum Gasteiger partial charge on any atom is -0.476 e. The average Bonchev–Trinajstić information content (AvgIpc) is 2.58. The molecule has 0 aliphatic carbocycles. The highest BCUT2D eigenvalue weighted by atomic mass is 19.1. The molecule has 0 spiro atoms. The maximum absolute atomic E-state index is 14.2. The number of carbonyl (C=O) groups is 2. The summed E-state index contributed by atoms with van der Waals surface area (Å²) in [6.07, 6.45) is 0. The third kappa shape index (κ3) is 4.01. The van der Waals surface area contributed by atoms with E-state index in [0.29, 0.717) is 22.6 Å². The van der Waals surface area contributed by atoms with Gasteiger partial charge in [-0.25, -0.2) is 4.39 Å². The fourth-order valence-corrected chi connectivity index (χ4v) is 3.08. The van der Waals surface area contributed by atoms with Crippen LogP contribution in [-0.2, 0) is 11.3 Å². The summed E-state index contributed by atoms with van der Waals surface area (Å²) in [6, 6.07) is 11.3. The van der Waals surface area contributed by atoms with E-state index in [2.05, 4.69) is 5.32 Å². The second-order valence-corrected chi connectivity index (χ2v) is 8.48. The van der Waals surface area contributed by atoms with Crippen LogP contribution in [0.5, 0.6) is 5.75 Å². The first kappa shape index (κ1) is 19.9. The first-order valence-electron chi connectivity index (χ1n) is 9.19. The number of anilines is 1. The molecular weight excluding hydrogens is 359 g/mol. The van der Waals surface area contributed by atoms with Gasteiger partial charge in [-0.2, -0.15) is 0 Å². The molecule has 1 N–H and O–H groups in total. The molecule has 3 rings (SSSR count). The van der Waals surface area contributed by atoms with Gasteiger partial charge < -0.3 is 15.0 Å². The molecule has 6 heteroatoms. The summed E-state index contributed by atoms with van der Waals surface area (Å²) in [6.45, 7) is 9.07. The molecule has 148 valence electrons. The molecule has 2 aromatic rings. The lowest BCUT2D eigenvalue weighted by atomic mass is 10.0. The quantitative estimate of drug-likeness (QED) is 0.868. The second-order valence-electron chi connectivity index (χ2n) is 8.48. The average molecular weight is 384 g/mol. The van der Waals surface area contributed by atoms with E-state index in [9.17, 15) is 14.0 Å². The van der Waals surface area contributed by atoms with Crippen LogP contribution in [0.1, 0.15) is 50.5 Å². The molecule has 5 nitrogen and oxygen atoms in total. The van der Waals surface area contributed by atoms with Gasteiger partial charge >= 0.3 is 0 Å². The summed E-state index contributed by atoms with van der Waals surface area (Å²) < 4.78 is 20.0. The maximum Gasteiger partial charge on any atom is 0.271 e. The predicted molar refractivity (Wildman–Crippen MR) is 106 cm³/mol. The van der Waals surface area contributed by atoms with Gasteiger partial charge in [0.2, 0.25) is 0 Å². The van der Waals surface area contributed by atoms with Crippen LogP contribution >= 0.6 is 0 Å². The van der Waals surface area contributed by atoms with Crippen LogP contribution in [0.4, 0.5) is 10.1 Å². The van der Waals surface area contributed by atoms with Crippen molar-refractivity contribution in [3.8, 4) is 5.75 Å². The number of benzene rings is 2. The van der Waals surface area contributed by atoms with Crippen LogP contribution in [0.25, 0.3) is 0 Å². The Morgan fingerprint density at radius 2 is 1.86 bits per heavy atom. The molecule has 0 saturated carbocycles. The molecular formula is C22H25FN2O3. The Morgan fingerprint density at radius 1 is 1.18 bits per heavy atom. The van der Waals surface area contributed by atoms with Gasteiger partial charge in [0.05, 0.1) is 12.2 Å². The summed E-state index contributed by atoms with van der Waals surface area (Å²) in [4.78, 5) is 27.0. The van der Waals surface area contributed by atoms with E-state index in [4.69, 9.17) is 4.74 Å². The number of hydrogen-bond donors (Lipinski definition) is 1. The minimum absolute atomic E-state index is 0.0512. The Labute approximate surface area is 164 Å². The van der Waals surface area contributed by atoms with Gasteiger partial charge in [0.15, 0.2) is 5.60 Å². The number of ether oxygens (including phenoxy) is 1. The standard InChI is InChI=1S/C22H25FN2O3/c1-21(2,3)24-19(26)14-10-11-18-17(12-14)25(20(27)22(4,5)28-18)13-15-8-6-7-9-16(15)23/h6-12H,13H2,1-5H3,(H,24,26). The number of rotatable bonds is 3. The van der Waals surface area contributed by atoms with Crippen molar-refractivity contribution in [3.05, 3.63) is 59.4 Å². The molecule has 28 heavy (non-hydrogen) atoms.